The molecule has 1 fully saturated rings. The molecule has 0 spiro atoms. The van der Waals surface area contributed by atoms with Gasteiger partial charge in [0.1, 0.15) is 28.8 Å². The molecule has 0 aliphatic heterocycles. The monoisotopic (exact) mass is 381 g/mol. The molecule has 0 bridgehead atoms. The standard InChI is InChI=1S/C21H17F2N3O2/c1-10(18-9-14-15(23)6-11(22)7-19(14)28-18)24-21(27)13-8-12(13)20-25-16-4-2-3-5-17(16)26-20/h2-7,9-10,12-13H,8H2,1H3,(H,24,27)(H,25,26)/t10-,12+,13+/m1/s1. The number of para-hydroxylation sites is 2. The summed E-state index contributed by atoms with van der Waals surface area (Å²) in [6, 6.07) is 10.7. The summed E-state index contributed by atoms with van der Waals surface area (Å²) in [4.78, 5) is 20.4. The molecule has 3 atom stereocenters. The molecule has 1 amide bonds. The smallest absolute Gasteiger partial charge is 0.224 e. The van der Waals surface area contributed by atoms with E-state index in [0.29, 0.717) is 5.76 Å². The van der Waals surface area contributed by atoms with Crippen LogP contribution in [0, 0.1) is 17.6 Å². The number of carbonyl (C=O) groups is 1. The highest BCUT2D eigenvalue weighted by molar-refractivity contribution is 5.84. The molecule has 7 heteroatoms. The van der Waals surface area contributed by atoms with Crippen molar-refractivity contribution in [2.24, 2.45) is 5.92 Å². The van der Waals surface area contributed by atoms with Crippen LogP contribution in [0.1, 0.15) is 36.9 Å². The topological polar surface area (TPSA) is 70.9 Å². The minimum absolute atomic E-state index is 0.0572. The van der Waals surface area contributed by atoms with Gasteiger partial charge in [0.25, 0.3) is 0 Å². The summed E-state index contributed by atoms with van der Waals surface area (Å²) in [5, 5.41) is 3.09. The highest BCUT2D eigenvalue weighted by atomic mass is 19.1. The zero-order valence-electron chi connectivity index (χ0n) is 15.0. The highest BCUT2D eigenvalue weighted by Crippen LogP contribution is 2.47. The van der Waals surface area contributed by atoms with Crippen molar-refractivity contribution in [3.05, 3.63) is 65.7 Å². The van der Waals surface area contributed by atoms with Crippen LogP contribution in [-0.4, -0.2) is 15.9 Å². The Morgan fingerprint density at radius 3 is 2.93 bits per heavy atom. The maximum atomic E-state index is 13.9. The van der Waals surface area contributed by atoms with E-state index in [9.17, 15) is 13.6 Å². The number of H-pyrrole nitrogens is 1. The van der Waals surface area contributed by atoms with Crippen molar-refractivity contribution in [1.82, 2.24) is 15.3 Å². The quantitative estimate of drug-likeness (QED) is 0.544. The summed E-state index contributed by atoms with van der Waals surface area (Å²) in [5.41, 5.74) is 1.96. The molecule has 142 valence electrons. The van der Waals surface area contributed by atoms with Gasteiger partial charge in [-0.1, -0.05) is 12.1 Å². The molecule has 2 aromatic heterocycles. The molecule has 0 radical (unpaired) electrons. The van der Waals surface area contributed by atoms with Gasteiger partial charge in [-0.2, -0.15) is 0 Å². The largest absolute Gasteiger partial charge is 0.459 e. The number of carbonyl (C=O) groups excluding carboxylic acids is 1. The van der Waals surface area contributed by atoms with E-state index in [-0.39, 0.29) is 28.7 Å². The lowest BCUT2D eigenvalue weighted by molar-refractivity contribution is -0.123. The van der Waals surface area contributed by atoms with Crippen LogP contribution in [0.2, 0.25) is 0 Å². The number of fused-ring (bicyclic) bond motifs is 2. The first-order valence-electron chi connectivity index (χ1n) is 9.13. The number of hydrogen-bond acceptors (Lipinski definition) is 3. The molecule has 2 N–H and O–H groups in total. The molecular weight excluding hydrogens is 364 g/mol. The maximum absolute atomic E-state index is 13.9. The van der Waals surface area contributed by atoms with E-state index in [4.69, 9.17) is 4.42 Å². The third-order valence-corrected chi connectivity index (χ3v) is 5.24. The summed E-state index contributed by atoms with van der Waals surface area (Å²) in [6.45, 7) is 1.75. The second-order valence-electron chi connectivity index (χ2n) is 7.27. The first-order valence-corrected chi connectivity index (χ1v) is 9.13. The van der Waals surface area contributed by atoms with Gasteiger partial charge in [-0.25, -0.2) is 13.8 Å². The van der Waals surface area contributed by atoms with Crippen LogP contribution in [0.15, 0.2) is 46.9 Å². The maximum Gasteiger partial charge on any atom is 0.224 e. The van der Waals surface area contributed by atoms with E-state index in [1.54, 1.807) is 6.92 Å². The summed E-state index contributed by atoms with van der Waals surface area (Å²) in [7, 11) is 0. The van der Waals surface area contributed by atoms with E-state index < -0.39 is 17.7 Å². The summed E-state index contributed by atoms with van der Waals surface area (Å²) in [6.07, 6.45) is 0.721. The van der Waals surface area contributed by atoms with Crippen molar-refractivity contribution in [3.8, 4) is 0 Å². The van der Waals surface area contributed by atoms with Gasteiger partial charge in [-0.3, -0.25) is 4.79 Å². The number of hydrogen-bond donors (Lipinski definition) is 2. The SMILES string of the molecule is C[C@@H](NC(=O)[C@H]1C[C@@H]1c1nc2ccccc2[nH]1)c1cc2c(F)cc(F)cc2o1. The Balaban J connectivity index is 1.30. The average Bonchev–Trinajstić information content (AvgIpc) is 3.15. The number of furan rings is 1. The number of amides is 1. The number of aromatic nitrogens is 2. The summed E-state index contributed by atoms with van der Waals surface area (Å²) in [5.74, 6) is -0.401. The molecule has 2 heterocycles. The fourth-order valence-electron chi connectivity index (χ4n) is 3.62. The number of nitrogens with one attached hydrogen (secondary N) is 2. The Bertz CT molecular complexity index is 1180. The fraction of sp³-hybridized carbons (Fsp3) is 0.238. The predicted molar refractivity (Wildman–Crippen MR) is 99.6 cm³/mol. The van der Waals surface area contributed by atoms with Crippen LogP contribution in [0.3, 0.4) is 0 Å². The molecule has 28 heavy (non-hydrogen) atoms. The Morgan fingerprint density at radius 2 is 2.11 bits per heavy atom. The zero-order valence-corrected chi connectivity index (χ0v) is 15.0. The van der Waals surface area contributed by atoms with Crippen molar-refractivity contribution in [1.29, 1.82) is 0 Å². The van der Waals surface area contributed by atoms with Crippen LogP contribution < -0.4 is 5.32 Å². The van der Waals surface area contributed by atoms with Gasteiger partial charge in [-0.15, -0.1) is 0 Å². The minimum atomic E-state index is -0.700. The second-order valence-corrected chi connectivity index (χ2v) is 7.27. The fourth-order valence-corrected chi connectivity index (χ4v) is 3.62. The van der Waals surface area contributed by atoms with Crippen LogP contribution >= 0.6 is 0 Å². The molecule has 1 saturated carbocycles. The van der Waals surface area contributed by atoms with Crippen LogP contribution in [0.5, 0.6) is 0 Å². The first kappa shape index (κ1) is 16.9. The number of benzene rings is 2. The van der Waals surface area contributed by atoms with Crippen molar-refractivity contribution in [3.63, 3.8) is 0 Å². The predicted octanol–water partition coefficient (Wildman–Crippen LogP) is 4.57. The molecule has 1 aliphatic carbocycles. The van der Waals surface area contributed by atoms with E-state index in [2.05, 4.69) is 15.3 Å². The Morgan fingerprint density at radius 1 is 1.29 bits per heavy atom. The molecule has 0 saturated heterocycles. The van der Waals surface area contributed by atoms with E-state index in [0.717, 1.165) is 35.4 Å². The lowest BCUT2D eigenvalue weighted by atomic mass is 10.2. The van der Waals surface area contributed by atoms with Crippen molar-refractivity contribution >= 4 is 27.9 Å². The Labute approximate surface area is 158 Å². The Hall–Kier alpha value is -3.22. The molecule has 1 aliphatic rings. The molecular formula is C21H17F2N3O2. The molecule has 4 aromatic rings. The van der Waals surface area contributed by atoms with Gasteiger partial charge in [-0.05, 0) is 31.5 Å². The average molecular weight is 381 g/mol. The number of halogens is 2. The molecule has 0 unspecified atom stereocenters. The van der Waals surface area contributed by atoms with Gasteiger partial charge in [0, 0.05) is 24.0 Å². The van der Waals surface area contributed by atoms with Gasteiger partial charge in [0.05, 0.1) is 22.5 Å². The highest BCUT2D eigenvalue weighted by Gasteiger charge is 2.46. The van der Waals surface area contributed by atoms with Gasteiger partial charge in [0.2, 0.25) is 5.91 Å². The van der Waals surface area contributed by atoms with Crippen molar-refractivity contribution < 1.29 is 18.0 Å². The third-order valence-electron chi connectivity index (χ3n) is 5.24. The lowest BCUT2D eigenvalue weighted by Gasteiger charge is -2.11. The van der Waals surface area contributed by atoms with Gasteiger partial charge < -0.3 is 14.7 Å². The normalized spacial score (nSPS) is 19.8. The van der Waals surface area contributed by atoms with Gasteiger partial charge in [0.15, 0.2) is 0 Å². The summed E-state index contributed by atoms with van der Waals surface area (Å²) < 4.78 is 32.7. The molecule has 5 rings (SSSR count). The van der Waals surface area contributed by atoms with E-state index in [1.807, 2.05) is 24.3 Å². The molecule has 2 aromatic carbocycles. The second kappa shape index (κ2) is 6.15. The van der Waals surface area contributed by atoms with Gasteiger partial charge >= 0.3 is 0 Å². The van der Waals surface area contributed by atoms with Crippen LogP contribution in [0.4, 0.5) is 8.78 Å². The van der Waals surface area contributed by atoms with Crippen LogP contribution in [0.25, 0.3) is 22.0 Å². The Kier molecular flexibility index (Phi) is 3.72. The van der Waals surface area contributed by atoms with Crippen LogP contribution in [-0.2, 0) is 4.79 Å². The number of nitrogens with zero attached hydrogens (tertiary/aromatic N) is 1. The number of rotatable bonds is 4. The van der Waals surface area contributed by atoms with Crippen molar-refractivity contribution in [2.45, 2.75) is 25.3 Å². The number of imidazole rings is 1. The minimum Gasteiger partial charge on any atom is -0.459 e. The third kappa shape index (κ3) is 2.83. The molecule has 5 nitrogen and oxygen atoms in total. The zero-order chi connectivity index (χ0) is 19.4. The lowest BCUT2D eigenvalue weighted by Crippen LogP contribution is -2.28. The summed E-state index contributed by atoms with van der Waals surface area (Å²) >= 11 is 0. The number of aromatic amines is 1. The van der Waals surface area contributed by atoms with E-state index in [1.165, 1.54) is 6.07 Å². The first-order chi connectivity index (χ1) is 13.5. The van der Waals surface area contributed by atoms with E-state index >= 15 is 0 Å². The van der Waals surface area contributed by atoms with Crippen molar-refractivity contribution in [2.75, 3.05) is 0 Å².